The molecule has 0 aliphatic carbocycles. The molecule has 6 heteroatoms. The maximum Gasteiger partial charge on any atom is 0.348 e. The van der Waals surface area contributed by atoms with Gasteiger partial charge in [-0.1, -0.05) is 0 Å². The van der Waals surface area contributed by atoms with E-state index in [0.717, 1.165) is 0 Å². The Morgan fingerprint density at radius 3 is 2.17 bits per heavy atom. The molecule has 0 radical (unpaired) electrons. The summed E-state index contributed by atoms with van der Waals surface area (Å²) in [7, 11) is 0. The number of carboxylic acid groups (broad SMARTS) is 2. The molecule has 18 heavy (non-hydrogen) atoms. The summed E-state index contributed by atoms with van der Waals surface area (Å²) in [5, 5.41) is 22.0. The average molecular weight is 272 g/mol. The lowest BCUT2D eigenvalue weighted by Crippen LogP contribution is -2.54. The van der Waals surface area contributed by atoms with Gasteiger partial charge >= 0.3 is 11.9 Å². The van der Waals surface area contributed by atoms with E-state index < -0.39 is 23.1 Å². The van der Waals surface area contributed by atoms with E-state index >= 15 is 0 Å². The van der Waals surface area contributed by atoms with Crippen molar-refractivity contribution in [1.82, 2.24) is 0 Å². The molecule has 1 rings (SSSR count). The van der Waals surface area contributed by atoms with E-state index in [9.17, 15) is 19.8 Å². The molecular formula is C12H16O5S. The third-order valence-electron chi connectivity index (χ3n) is 2.20. The van der Waals surface area contributed by atoms with Gasteiger partial charge in [0.25, 0.3) is 5.60 Å². The maximum absolute atomic E-state index is 11.4. The van der Waals surface area contributed by atoms with Crippen LogP contribution in [0.25, 0.3) is 0 Å². The second-order valence-electron chi connectivity index (χ2n) is 4.96. The van der Waals surface area contributed by atoms with E-state index in [1.54, 1.807) is 37.6 Å². The van der Waals surface area contributed by atoms with Crippen LogP contribution in [-0.4, -0.2) is 33.4 Å². The summed E-state index contributed by atoms with van der Waals surface area (Å²) in [6.07, 6.45) is -0.196. The molecule has 0 amide bonds. The van der Waals surface area contributed by atoms with Crippen LogP contribution < -0.4 is 0 Å². The molecule has 0 aliphatic heterocycles. The van der Waals surface area contributed by atoms with Crippen LogP contribution in [-0.2, 0) is 20.7 Å². The van der Waals surface area contributed by atoms with Crippen LogP contribution in [0.3, 0.4) is 0 Å². The summed E-state index contributed by atoms with van der Waals surface area (Å²) in [5.41, 5.74) is -2.49. The van der Waals surface area contributed by atoms with Crippen LogP contribution in [0.15, 0.2) is 16.8 Å². The Morgan fingerprint density at radius 1 is 1.28 bits per heavy atom. The smallest absolute Gasteiger partial charge is 0.348 e. The van der Waals surface area contributed by atoms with Crippen LogP contribution in [0.5, 0.6) is 0 Å². The van der Waals surface area contributed by atoms with Gasteiger partial charge in [-0.2, -0.15) is 11.3 Å². The maximum atomic E-state index is 11.4. The average Bonchev–Trinajstić information content (AvgIpc) is 2.66. The summed E-state index contributed by atoms with van der Waals surface area (Å²) in [6, 6.07) is 1.69. The van der Waals surface area contributed by atoms with E-state index in [-0.39, 0.29) is 6.42 Å². The number of thiophene rings is 1. The predicted octanol–water partition coefficient (Wildman–Crippen LogP) is 2.01. The zero-order valence-corrected chi connectivity index (χ0v) is 11.3. The molecule has 0 aromatic carbocycles. The molecule has 100 valence electrons. The highest BCUT2D eigenvalue weighted by Gasteiger charge is 2.50. The molecule has 0 saturated carbocycles. The van der Waals surface area contributed by atoms with Gasteiger partial charge in [-0.25, -0.2) is 9.59 Å². The van der Waals surface area contributed by atoms with E-state index in [2.05, 4.69) is 0 Å². The molecule has 0 bridgehead atoms. The molecule has 0 fully saturated rings. The molecule has 0 unspecified atom stereocenters. The van der Waals surface area contributed by atoms with Gasteiger partial charge in [-0.05, 0) is 43.2 Å². The quantitative estimate of drug-likeness (QED) is 0.801. The lowest BCUT2D eigenvalue weighted by atomic mass is 9.94. The van der Waals surface area contributed by atoms with Crippen LogP contribution in [0.4, 0.5) is 0 Å². The van der Waals surface area contributed by atoms with Gasteiger partial charge in [0, 0.05) is 6.42 Å². The third-order valence-corrected chi connectivity index (χ3v) is 2.94. The Hall–Kier alpha value is -1.40. The minimum absolute atomic E-state index is 0.196. The molecule has 0 saturated heterocycles. The largest absolute Gasteiger partial charge is 0.479 e. The Balaban J connectivity index is 3.14. The van der Waals surface area contributed by atoms with E-state index in [1.165, 1.54) is 11.3 Å². The van der Waals surface area contributed by atoms with Crippen molar-refractivity contribution in [3.8, 4) is 0 Å². The van der Waals surface area contributed by atoms with Gasteiger partial charge in [-0.15, -0.1) is 0 Å². The zero-order valence-electron chi connectivity index (χ0n) is 10.5. The lowest BCUT2D eigenvalue weighted by Gasteiger charge is -2.32. The molecule has 2 N–H and O–H groups in total. The minimum atomic E-state index is -2.25. The van der Waals surface area contributed by atoms with E-state index in [1.807, 2.05) is 0 Å². The SMILES string of the molecule is CC(C)(C)OC(Cc1ccsc1)(C(=O)O)C(=O)O. The van der Waals surface area contributed by atoms with Crippen molar-refractivity contribution in [1.29, 1.82) is 0 Å². The highest BCUT2D eigenvalue weighted by Crippen LogP contribution is 2.26. The molecule has 5 nitrogen and oxygen atoms in total. The molecule has 0 aliphatic rings. The first-order valence-corrected chi connectivity index (χ1v) is 6.30. The third kappa shape index (κ3) is 3.30. The highest BCUT2D eigenvalue weighted by atomic mass is 32.1. The first-order valence-electron chi connectivity index (χ1n) is 5.35. The Bertz CT molecular complexity index is 416. The zero-order chi connectivity index (χ0) is 14.0. The predicted molar refractivity (Wildman–Crippen MR) is 66.9 cm³/mol. The summed E-state index contributed by atoms with van der Waals surface area (Å²) in [5.74, 6) is -2.98. The lowest BCUT2D eigenvalue weighted by molar-refractivity contribution is -0.199. The Kier molecular flexibility index (Phi) is 4.13. The van der Waals surface area contributed by atoms with Gasteiger partial charge in [0.1, 0.15) is 0 Å². The fourth-order valence-electron chi connectivity index (χ4n) is 1.57. The molecule has 1 heterocycles. The molecule has 1 aromatic heterocycles. The molecule has 1 aromatic rings. The van der Waals surface area contributed by atoms with Crippen molar-refractivity contribution in [2.24, 2.45) is 0 Å². The topological polar surface area (TPSA) is 83.8 Å². The van der Waals surface area contributed by atoms with Crippen LogP contribution in [0, 0.1) is 0 Å². The summed E-state index contributed by atoms with van der Waals surface area (Å²) in [6.45, 7) is 4.88. The van der Waals surface area contributed by atoms with Crippen LogP contribution in [0.2, 0.25) is 0 Å². The normalized spacial score (nSPS) is 12.4. The molecule has 0 spiro atoms. The van der Waals surface area contributed by atoms with Crippen molar-refractivity contribution < 1.29 is 24.5 Å². The van der Waals surface area contributed by atoms with E-state index in [4.69, 9.17) is 4.74 Å². The Labute approximate surface area is 109 Å². The summed E-state index contributed by atoms with van der Waals surface area (Å²) < 4.78 is 5.33. The van der Waals surface area contributed by atoms with Gasteiger partial charge in [-0.3, -0.25) is 0 Å². The molecular weight excluding hydrogens is 256 g/mol. The molecule has 0 atom stereocenters. The minimum Gasteiger partial charge on any atom is -0.479 e. The number of ether oxygens (including phenoxy) is 1. The number of aliphatic carboxylic acids is 2. The van der Waals surface area contributed by atoms with Gasteiger partial charge in [0.15, 0.2) is 0 Å². The standard InChI is InChI=1S/C12H16O5S/c1-11(2,3)17-12(9(13)14,10(15)16)6-8-4-5-18-7-8/h4-5,7H,6H2,1-3H3,(H,13,14)(H,15,16). The van der Waals surface area contributed by atoms with Crippen LogP contribution in [0.1, 0.15) is 26.3 Å². The number of carbonyl (C=O) groups is 2. The number of carboxylic acids is 2. The van der Waals surface area contributed by atoms with Crippen molar-refractivity contribution >= 4 is 23.3 Å². The van der Waals surface area contributed by atoms with Crippen molar-refractivity contribution in [3.05, 3.63) is 22.4 Å². The van der Waals surface area contributed by atoms with E-state index in [0.29, 0.717) is 5.56 Å². The Morgan fingerprint density at radius 2 is 1.83 bits per heavy atom. The number of hydrogen-bond acceptors (Lipinski definition) is 4. The second kappa shape index (κ2) is 5.07. The van der Waals surface area contributed by atoms with Crippen molar-refractivity contribution in [2.75, 3.05) is 0 Å². The highest BCUT2D eigenvalue weighted by molar-refractivity contribution is 7.07. The van der Waals surface area contributed by atoms with Crippen molar-refractivity contribution in [3.63, 3.8) is 0 Å². The van der Waals surface area contributed by atoms with Gasteiger partial charge < -0.3 is 14.9 Å². The first kappa shape index (κ1) is 14.7. The van der Waals surface area contributed by atoms with Crippen LogP contribution >= 0.6 is 11.3 Å². The van der Waals surface area contributed by atoms with Gasteiger partial charge in [0.05, 0.1) is 5.60 Å². The number of hydrogen-bond donors (Lipinski definition) is 2. The first-order chi connectivity index (χ1) is 8.17. The monoisotopic (exact) mass is 272 g/mol. The second-order valence-corrected chi connectivity index (χ2v) is 5.74. The fourth-order valence-corrected chi connectivity index (χ4v) is 2.24. The van der Waals surface area contributed by atoms with Gasteiger partial charge in [0.2, 0.25) is 0 Å². The fraction of sp³-hybridized carbons (Fsp3) is 0.500. The number of rotatable bonds is 5. The van der Waals surface area contributed by atoms with Crippen molar-refractivity contribution in [2.45, 2.75) is 38.4 Å². The summed E-state index contributed by atoms with van der Waals surface area (Å²) >= 11 is 1.38. The summed E-state index contributed by atoms with van der Waals surface area (Å²) in [4.78, 5) is 22.7.